The van der Waals surface area contributed by atoms with Crippen molar-refractivity contribution in [2.45, 2.75) is 37.6 Å². The van der Waals surface area contributed by atoms with Gasteiger partial charge in [0.05, 0.1) is 6.61 Å². The minimum absolute atomic E-state index is 0.597. The van der Waals surface area contributed by atoms with Gasteiger partial charge in [-0.3, -0.25) is 0 Å². The third kappa shape index (κ3) is 3.47. The first-order chi connectivity index (χ1) is 13.9. The molecule has 0 aromatic heterocycles. The van der Waals surface area contributed by atoms with Crippen molar-refractivity contribution in [3.63, 3.8) is 0 Å². The number of anilines is 1. The highest BCUT2D eigenvalue weighted by Gasteiger charge is 2.34. The van der Waals surface area contributed by atoms with Gasteiger partial charge < -0.3 is 15.4 Å². The number of rotatable bonds is 5. The zero-order valence-corrected chi connectivity index (χ0v) is 16.3. The molecule has 0 bridgehead atoms. The Balaban J connectivity index is 1.23. The van der Waals surface area contributed by atoms with Gasteiger partial charge in [0.25, 0.3) is 0 Å². The van der Waals surface area contributed by atoms with Crippen molar-refractivity contribution < 1.29 is 4.74 Å². The fourth-order valence-corrected chi connectivity index (χ4v) is 4.87. The number of ether oxygens (including phenoxy) is 1. The molecule has 3 nitrogen and oxygen atoms in total. The van der Waals surface area contributed by atoms with Gasteiger partial charge in [-0.15, -0.1) is 0 Å². The Bertz CT molecular complexity index is 968. The summed E-state index contributed by atoms with van der Waals surface area (Å²) >= 11 is 0. The topological polar surface area (TPSA) is 33.3 Å². The predicted octanol–water partition coefficient (Wildman–Crippen LogP) is 5.11. The number of aryl methyl sites for hydroxylation is 1. The van der Waals surface area contributed by atoms with E-state index in [9.17, 15) is 0 Å². The molecule has 0 unspecified atom stereocenters. The molecule has 2 aliphatic rings. The summed E-state index contributed by atoms with van der Waals surface area (Å²) in [6, 6.07) is 22.2. The number of fused-ring (bicyclic) bond motifs is 4. The summed E-state index contributed by atoms with van der Waals surface area (Å²) in [7, 11) is 0. The maximum Gasteiger partial charge on any atom is 0.119 e. The smallest absolute Gasteiger partial charge is 0.119 e. The molecule has 3 aromatic carbocycles. The lowest BCUT2D eigenvalue weighted by Gasteiger charge is -2.18. The van der Waals surface area contributed by atoms with Crippen molar-refractivity contribution in [3.05, 3.63) is 71.8 Å². The van der Waals surface area contributed by atoms with Gasteiger partial charge in [0, 0.05) is 17.6 Å². The molecule has 5 rings (SSSR count). The SMILES string of the molecule is c1cc(CCCOc2ccc3ccccc3c2)c2c(c1)N[C@H]1CCNCC[C@H]21. The lowest BCUT2D eigenvalue weighted by atomic mass is 9.87. The van der Waals surface area contributed by atoms with E-state index in [1.165, 1.54) is 34.9 Å². The Labute approximate surface area is 167 Å². The van der Waals surface area contributed by atoms with Crippen LogP contribution in [0.5, 0.6) is 5.75 Å². The molecule has 0 spiro atoms. The first-order valence-electron chi connectivity index (χ1n) is 10.6. The van der Waals surface area contributed by atoms with Crippen molar-refractivity contribution in [1.82, 2.24) is 5.32 Å². The molecule has 1 fully saturated rings. The normalized spacial score (nSPS) is 20.9. The van der Waals surface area contributed by atoms with E-state index in [0.29, 0.717) is 12.0 Å². The highest BCUT2D eigenvalue weighted by molar-refractivity contribution is 5.83. The van der Waals surface area contributed by atoms with Crippen LogP contribution in [0.25, 0.3) is 10.8 Å². The van der Waals surface area contributed by atoms with Gasteiger partial charge in [0.1, 0.15) is 5.75 Å². The first-order valence-corrected chi connectivity index (χ1v) is 10.6. The fourth-order valence-electron chi connectivity index (χ4n) is 4.87. The van der Waals surface area contributed by atoms with Crippen molar-refractivity contribution in [1.29, 1.82) is 0 Å². The van der Waals surface area contributed by atoms with E-state index in [4.69, 9.17) is 4.74 Å². The van der Waals surface area contributed by atoms with Gasteiger partial charge in [0.2, 0.25) is 0 Å². The van der Waals surface area contributed by atoms with Crippen LogP contribution in [0.3, 0.4) is 0 Å². The van der Waals surface area contributed by atoms with Crippen LogP contribution < -0.4 is 15.4 Å². The van der Waals surface area contributed by atoms with Gasteiger partial charge in [-0.25, -0.2) is 0 Å². The molecule has 2 aliphatic heterocycles. The Morgan fingerprint density at radius 3 is 2.75 bits per heavy atom. The number of hydrogen-bond donors (Lipinski definition) is 2. The molecule has 0 radical (unpaired) electrons. The van der Waals surface area contributed by atoms with Crippen molar-refractivity contribution >= 4 is 16.5 Å². The molecule has 2 atom stereocenters. The number of benzene rings is 3. The largest absolute Gasteiger partial charge is 0.494 e. The van der Waals surface area contributed by atoms with Crippen LogP contribution in [0.2, 0.25) is 0 Å². The maximum atomic E-state index is 6.06. The summed E-state index contributed by atoms with van der Waals surface area (Å²) in [5.41, 5.74) is 4.44. The van der Waals surface area contributed by atoms with E-state index >= 15 is 0 Å². The Morgan fingerprint density at radius 1 is 0.893 bits per heavy atom. The highest BCUT2D eigenvalue weighted by Crippen LogP contribution is 2.42. The van der Waals surface area contributed by atoms with E-state index < -0.39 is 0 Å². The quantitative estimate of drug-likeness (QED) is 0.611. The number of hydrogen-bond acceptors (Lipinski definition) is 3. The molecule has 0 aliphatic carbocycles. The first kappa shape index (κ1) is 17.6. The minimum atomic E-state index is 0.597. The van der Waals surface area contributed by atoms with Crippen LogP contribution in [0, 0.1) is 0 Å². The Kier molecular flexibility index (Phi) is 4.92. The average Bonchev–Trinajstić information content (AvgIpc) is 2.93. The van der Waals surface area contributed by atoms with Crippen LogP contribution in [-0.4, -0.2) is 25.7 Å². The van der Waals surface area contributed by atoms with Crippen molar-refractivity contribution in [3.8, 4) is 5.75 Å². The van der Waals surface area contributed by atoms with E-state index in [0.717, 1.165) is 38.3 Å². The van der Waals surface area contributed by atoms with Gasteiger partial charge in [-0.2, -0.15) is 0 Å². The van der Waals surface area contributed by atoms with Crippen LogP contribution in [0.4, 0.5) is 5.69 Å². The third-order valence-electron chi connectivity index (χ3n) is 6.24. The summed E-state index contributed by atoms with van der Waals surface area (Å²) in [5, 5.41) is 9.82. The highest BCUT2D eigenvalue weighted by atomic mass is 16.5. The molecule has 0 saturated carbocycles. The van der Waals surface area contributed by atoms with Crippen LogP contribution in [0.15, 0.2) is 60.7 Å². The van der Waals surface area contributed by atoms with Gasteiger partial charge in [0.15, 0.2) is 0 Å². The van der Waals surface area contributed by atoms with Crippen LogP contribution >= 0.6 is 0 Å². The summed E-state index contributed by atoms with van der Waals surface area (Å²) in [6.07, 6.45) is 4.56. The average molecular weight is 373 g/mol. The molecular weight excluding hydrogens is 344 g/mol. The second-order valence-electron chi connectivity index (χ2n) is 8.02. The zero-order chi connectivity index (χ0) is 18.8. The van der Waals surface area contributed by atoms with Gasteiger partial charge in [-0.05, 0) is 78.9 Å². The molecule has 0 amide bonds. The standard InChI is InChI=1S/C25H28N2O/c1-2-6-20-17-21(11-10-18(20)5-1)28-16-4-8-19-7-3-9-24-25(19)22-12-14-26-15-13-23(22)27-24/h1-3,5-7,9-11,17,22-23,26-27H,4,8,12-16H2/t22-,23-/m0/s1. The van der Waals surface area contributed by atoms with Crippen LogP contribution in [0.1, 0.15) is 36.3 Å². The Morgan fingerprint density at radius 2 is 1.79 bits per heavy atom. The summed E-state index contributed by atoms with van der Waals surface area (Å²) in [4.78, 5) is 0. The molecule has 144 valence electrons. The second-order valence-corrected chi connectivity index (χ2v) is 8.02. The van der Waals surface area contributed by atoms with Crippen LogP contribution in [-0.2, 0) is 6.42 Å². The van der Waals surface area contributed by atoms with Gasteiger partial charge in [-0.1, -0.05) is 42.5 Å². The van der Waals surface area contributed by atoms with E-state index in [-0.39, 0.29) is 0 Å². The molecule has 2 heterocycles. The predicted molar refractivity (Wildman–Crippen MR) is 116 cm³/mol. The van der Waals surface area contributed by atoms with E-state index in [2.05, 4.69) is 71.3 Å². The molecule has 2 N–H and O–H groups in total. The summed E-state index contributed by atoms with van der Waals surface area (Å²) in [5.74, 6) is 1.62. The monoisotopic (exact) mass is 372 g/mol. The fraction of sp³-hybridized carbons (Fsp3) is 0.360. The zero-order valence-electron chi connectivity index (χ0n) is 16.3. The minimum Gasteiger partial charge on any atom is -0.494 e. The summed E-state index contributed by atoms with van der Waals surface area (Å²) < 4.78 is 6.06. The molecule has 1 saturated heterocycles. The second kappa shape index (κ2) is 7.84. The summed E-state index contributed by atoms with van der Waals surface area (Å²) in [6.45, 7) is 3.00. The van der Waals surface area contributed by atoms with E-state index in [1.807, 2.05) is 0 Å². The molecular formula is C25H28N2O. The lowest BCUT2D eigenvalue weighted by Crippen LogP contribution is -2.21. The molecule has 3 aromatic rings. The van der Waals surface area contributed by atoms with Gasteiger partial charge >= 0.3 is 0 Å². The third-order valence-corrected chi connectivity index (χ3v) is 6.24. The molecule has 28 heavy (non-hydrogen) atoms. The van der Waals surface area contributed by atoms with Crippen molar-refractivity contribution in [2.24, 2.45) is 0 Å². The number of nitrogens with one attached hydrogen (secondary N) is 2. The molecule has 3 heteroatoms. The van der Waals surface area contributed by atoms with Crippen molar-refractivity contribution in [2.75, 3.05) is 25.0 Å². The maximum absolute atomic E-state index is 6.06. The lowest BCUT2D eigenvalue weighted by molar-refractivity contribution is 0.311. The Hall–Kier alpha value is -2.52. The van der Waals surface area contributed by atoms with E-state index in [1.54, 1.807) is 5.56 Å².